The Labute approximate surface area is 113 Å². The molecular weight excluding hydrogens is 242 g/mol. The molecule has 2 aliphatic heterocycles. The molecule has 2 amide bonds. The van der Waals surface area contributed by atoms with Crippen molar-refractivity contribution in [2.24, 2.45) is 7.05 Å². The van der Waals surface area contributed by atoms with Crippen molar-refractivity contribution < 1.29 is 4.79 Å². The number of piperidine rings is 1. The van der Waals surface area contributed by atoms with Crippen LogP contribution in [-0.2, 0) is 13.6 Å². The number of carbonyl (C=O) groups excluding carboxylic acids is 1. The first kappa shape index (κ1) is 12.5. The van der Waals surface area contributed by atoms with Gasteiger partial charge in [-0.15, -0.1) is 0 Å². The van der Waals surface area contributed by atoms with Crippen molar-refractivity contribution >= 4 is 6.03 Å². The van der Waals surface area contributed by atoms with Gasteiger partial charge in [-0.05, 0) is 18.9 Å². The number of amides is 2. The van der Waals surface area contributed by atoms with Crippen LogP contribution in [0, 0.1) is 0 Å². The van der Waals surface area contributed by atoms with Gasteiger partial charge >= 0.3 is 6.03 Å². The zero-order chi connectivity index (χ0) is 13.2. The summed E-state index contributed by atoms with van der Waals surface area (Å²) >= 11 is 0. The number of urea groups is 1. The number of carbonyl (C=O) groups is 1. The van der Waals surface area contributed by atoms with Crippen LogP contribution in [0.5, 0.6) is 0 Å². The second kappa shape index (κ2) is 5.21. The molecule has 0 saturated carbocycles. The summed E-state index contributed by atoms with van der Waals surface area (Å²) in [5.74, 6) is 0. The van der Waals surface area contributed by atoms with Crippen LogP contribution in [0.4, 0.5) is 4.79 Å². The Morgan fingerprint density at radius 2 is 2.16 bits per heavy atom. The van der Waals surface area contributed by atoms with Gasteiger partial charge in [0.2, 0.25) is 0 Å². The molecule has 2 saturated heterocycles. The summed E-state index contributed by atoms with van der Waals surface area (Å²) in [4.78, 5) is 16.1. The van der Waals surface area contributed by atoms with Gasteiger partial charge in [0.05, 0.1) is 5.69 Å². The first-order chi connectivity index (χ1) is 9.24. The summed E-state index contributed by atoms with van der Waals surface area (Å²) in [6.45, 7) is 4.73. The third-order valence-corrected chi connectivity index (χ3v) is 4.20. The van der Waals surface area contributed by atoms with E-state index in [0.29, 0.717) is 6.04 Å². The molecule has 19 heavy (non-hydrogen) atoms. The minimum absolute atomic E-state index is 0.116. The molecule has 0 atom stereocenters. The van der Waals surface area contributed by atoms with Crippen LogP contribution in [0.25, 0.3) is 0 Å². The standard InChI is InChI=1S/C13H21N5O/c1-16-12(2-5-15-16)10-17-7-3-11(4-8-17)18-9-6-14-13(18)19/h2,5,11H,3-4,6-10H2,1H3,(H,14,19). The predicted molar refractivity (Wildman–Crippen MR) is 71.6 cm³/mol. The molecule has 0 aliphatic carbocycles. The zero-order valence-electron chi connectivity index (χ0n) is 11.4. The number of likely N-dealkylation sites (tertiary alicyclic amines) is 1. The molecule has 0 bridgehead atoms. The molecule has 1 aromatic heterocycles. The number of hydrogen-bond acceptors (Lipinski definition) is 3. The first-order valence-corrected chi connectivity index (χ1v) is 6.98. The Balaban J connectivity index is 1.52. The summed E-state index contributed by atoms with van der Waals surface area (Å²) in [5.41, 5.74) is 1.25. The average Bonchev–Trinajstić information content (AvgIpc) is 3.00. The topological polar surface area (TPSA) is 53.4 Å². The lowest BCUT2D eigenvalue weighted by molar-refractivity contribution is 0.130. The van der Waals surface area contributed by atoms with E-state index in [4.69, 9.17) is 0 Å². The monoisotopic (exact) mass is 263 g/mol. The summed E-state index contributed by atoms with van der Waals surface area (Å²) in [6.07, 6.45) is 3.99. The SMILES string of the molecule is Cn1nccc1CN1CCC(N2CCNC2=O)CC1. The van der Waals surface area contributed by atoms with Gasteiger partial charge in [0.1, 0.15) is 0 Å². The Hall–Kier alpha value is -1.56. The largest absolute Gasteiger partial charge is 0.336 e. The van der Waals surface area contributed by atoms with E-state index in [9.17, 15) is 4.79 Å². The molecule has 3 rings (SSSR count). The maximum atomic E-state index is 11.6. The van der Waals surface area contributed by atoms with Gasteiger partial charge in [0.15, 0.2) is 0 Å². The molecule has 0 unspecified atom stereocenters. The van der Waals surface area contributed by atoms with E-state index in [1.54, 1.807) is 0 Å². The minimum atomic E-state index is 0.116. The fraction of sp³-hybridized carbons (Fsp3) is 0.692. The van der Waals surface area contributed by atoms with Crippen molar-refractivity contribution in [2.75, 3.05) is 26.2 Å². The fourth-order valence-corrected chi connectivity index (χ4v) is 3.01. The molecule has 2 fully saturated rings. The molecule has 0 aromatic carbocycles. The average molecular weight is 263 g/mol. The molecule has 2 aliphatic rings. The predicted octanol–water partition coefficient (Wildman–Crippen LogP) is 0.410. The van der Waals surface area contributed by atoms with Crippen LogP contribution in [0.2, 0.25) is 0 Å². The lowest BCUT2D eigenvalue weighted by atomic mass is 10.0. The molecule has 0 spiro atoms. The second-order valence-electron chi connectivity index (χ2n) is 5.38. The van der Waals surface area contributed by atoms with Gasteiger partial charge in [-0.25, -0.2) is 4.79 Å². The Morgan fingerprint density at radius 3 is 2.74 bits per heavy atom. The second-order valence-corrected chi connectivity index (χ2v) is 5.38. The molecular formula is C13H21N5O. The molecule has 1 aromatic rings. The van der Waals surface area contributed by atoms with E-state index in [1.165, 1.54) is 5.69 Å². The lowest BCUT2D eigenvalue weighted by Gasteiger charge is -2.36. The van der Waals surface area contributed by atoms with Crippen molar-refractivity contribution in [1.29, 1.82) is 0 Å². The van der Waals surface area contributed by atoms with Crippen molar-refractivity contribution in [3.63, 3.8) is 0 Å². The van der Waals surface area contributed by atoms with Crippen molar-refractivity contribution in [3.05, 3.63) is 18.0 Å². The lowest BCUT2D eigenvalue weighted by Crippen LogP contribution is -2.46. The van der Waals surface area contributed by atoms with E-state index < -0.39 is 0 Å². The number of nitrogens with one attached hydrogen (secondary N) is 1. The van der Waals surface area contributed by atoms with Crippen LogP contribution in [0.15, 0.2) is 12.3 Å². The highest BCUT2D eigenvalue weighted by Gasteiger charge is 2.30. The van der Waals surface area contributed by atoms with Crippen LogP contribution in [0.1, 0.15) is 18.5 Å². The van der Waals surface area contributed by atoms with Crippen molar-refractivity contribution in [1.82, 2.24) is 24.9 Å². The quantitative estimate of drug-likeness (QED) is 0.859. The Morgan fingerprint density at radius 1 is 1.37 bits per heavy atom. The normalized spacial score (nSPS) is 21.9. The number of hydrogen-bond donors (Lipinski definition) is 1. The van der Waals surface area contributed by atoms with Gasteiger partial charge in [-0.2, -0.15) is 5.10 Å². The van der Waals surface area contributed by atoms with E-state index in [0.717, 1.165) is 45.6 Å². The molecule has 1 N–H and O–H groups in total. The highest BCUT2D eigenvalue weighted by molar-refractivity contribution is 5.76. The van der Waals surface area contributed by atoms with Crippen molar-refractivity contribution in [2.45, 2.75) is 25.4 Å². The zero-order valence-corrected chi connectivity index (χ0v) is 11.4. The summed E-state index contributed by atoms with van der Waals surface area (Å²) < 4.78 is 1.93. The van der Waals surface area contributed by atoms with Gasteiger partial charge in [0.25, 0.3) is 0 Å². The molecule has 6 nitrogen and oxygen atoms in total. The highest BCUT2D eigenvalue weighted by Crippen LogP contribution is 2.19. The van der Waals surface area contributed by atoms with Gasteiger partial charge < -0.3 is 10.2 Å². The molecule has 0 radical (unpaired) electrons. The Kier molecular flexibility index (Phi) is 3.42. The van der Waals surface area contributed by atoms with Crippen LogP contribution >= 0.6 is 0 Å². The summed E-state index contributed by atoms with van der Waals surface area (Å²) in [6, 6.07) is 2.61. The van der Waals surface area contributed by atoms with Gasteiger partial charge in [0, 0.05) is 52.0 Å². The maximum absolute atomic E-state index is 11.6. The van der Waals surface area contributed by atoms with Gasteiger partial charge in [-0.3, -0.25) is 9.58 Å². The summed E-state index contributed by atoms with van der Waals surface area (Å²) in [7, 11) is 1.98. The molecule has 6 heteroatoms. The smallest absolute Gasteiger partial charge is 0.317 e. The molecule has 104 valence electrons. The first-order valence-electron chi connectivity index (χ1n) is 6.98. The summed E-state index contributed by atoms with van der Waals surface area (Å²) in [5, 5.41) is 7.08. The van der Waals surface area contributed by atoms with Crippen molar-refractivity contribution in [3.8, 4) is 0 Å². The third kappa shape index (κ3) is 2.58. The van der Waals surface area contributed by atoms with E-state index >= 15 is 0 Å². The van der Waals surface area contributed by atoms with E-state index in [1.807, 2.05) is 22.8 Å². The number of rotatable bonds is 3. The maximum Gasteiger partial charge on any atom is 0.317 e. The molecule has 3 heterocycles. The minimum Gasteiger partial charge on any atom is -0.336 e. The highest BCUT2D eigenvalue weighted by atomic mass is 16.2. The van der Waals surface area contributed by atoms with Gasteiger partial charge in [-0.1, -0.05) is 0 Å². The van der Waals surface area contributed by atoms with Crippen LogP contribution < -0.4 is 5.32 Å². The van der Waals surface area contributed by atoms with Crippen LogP contribution in [0.3, 0.4) is 0 Å². The number of aryl methyl sites for hydroxylation is 1. The van der Waals surface area contributed by atoms with E-state index in [-0.39, 0.29) is 6.03 Å². The van der Waals surface area contributed by atoms with E-state index in [2.05, 4.69) is 21.4 Å². The number of nitrogens with zero attached hydrogens (tertiary/aromatic N) is 4. The van der Waals surface area contributed by atoms with Crippen LogP contribution in [-0.4, -0.2) is 57.8 Å². The third-order valence-electron chi connectivity index (χ3n) is 4.20. The fourth-order valence-electron chi connectivity index (χ4n) is 3.01. The number of aromatic nitrogens is 2. The Bertz CT molecular complexity index is 450.